The molecule has 0 N–H and O–H groups in total. The number of anilines is 12. The molecular formula is C105H88N4O7S. The summed E-state index contributed by atoms with van der Waals surface area (Å²) in [4.78, 5) is 22.4. The Morgan fingerprint density at radius 3 is 0.718 bits per heavy atom. The van der Waals surface area contributed by atoms with E-state index in [1.165, 1.54) is 11.1 Å². The minimum atomic E-state index is -3.62. The molecule has 0 aliphatic heterocycles. The van der Waals surface area contributed by atoms with Gasteiger partial charge in [-0.05, 0) is 315 Å². The molecule has 0 bridgehead atoms. The monoisotopic (exact) mass is 1550 g/mol. The number of methoxy groups -OCH3 is 2. The van der Waals surface area contributed by atoms with E-state index in [9.17, 15) is 13.2 Å². The fourth-order valence-corrected chi connectivity index (χ4v) is 15.3. The Kier molecular flexibility index (Phi) is 24.0. The highest BCUT2D eigenvalue weighted by atomic mass is 32.2. The van der Waals surface area contributed by atoms with E-state index in [-0.39, 0.29) is 15.6 Å². The molecule has 16 aromatic carbocycles. The fourth-order valence-electron chi connectivity index (χ4n) is 14.1. The summed E-state index contributed by atoms with van der Waals surface area (Å²) in [7, 11) is -0.254. The van der Waals surface area contributed by atoms with Crippen LogP contribution in [0, 0.1) is 13.8 Å². The lowest BCUT2D eigenvalue weighted by molar-refractivity contribution is 0.103. The van der Waals surface area contributed by atoms with Crippen LogP contribution in [0.5, 0.6) is 34.5 Å². The molecule has 0 spiro atoms. The zero-order valence-electron chi connectivity index (χ0n) is 66.1. The molecule has 12 heteroatoms. The van der Waals surface area contributed by atoms with Crippen molar-refractivity contribution in [3.05, 3.63) is 434 Å². The first-order valence-corrected chi connectivity index (χ1v) is 40.6. The Bertz CT molecular complexity index is 6000. The zero-order chi connectivity index (χ0) is 80.6. The van der Waals surface area contributed by atoms with Crippen molar-refractivity contribution >= 4 is 83.9 Å². The second-order valence-corrected chi connectivity index (χ2v) is 30.3. The van der Waals surface area contributed by atoms with Crippen molar-refractivity contribution in [2.24, 2.45) is 0 Å². The van der Waals surface area contributed by atoms with E-state index in [2.05, 4.69) is 240 Å². The van der Waals surface area contributed by atoms with Gasteiger partial charge in [-0.2, -0.15) is 0 Å². The van der Waals surface area contributed by atoms with Crippen LogP contribution in [0.4, 0.5) is 68.2 Å². The molecule has 11 nitrogen and oxygen atoms in total. The van der Waals surface area contributed by atoms with Crippen LogP contribution >= 0.6 is 0 Å². The lowest BCUT2D eigenvalue weighted by Gasteiger charge is -2.26. The van der Waals surface area contributed by atoms with Crippen LogP contribution in [-0.2, 0) is 22.7 Å². The van der Waals surface area contributed by atoms with Crippen LogP contribution in [0.15, 0.2) is 410 Å². The number of hydrogen-bond donors (Lipinski definition) is 0. The third-order valence-corrected chi connectivity index (χ3v) is 22.4. The van der Waals surface area contributed by atoms with E-state index in [1.54, 1.807) is 62.8 Å². The maximum Gasteiger partial charge on any atom is 0.206 e. The molecule has 0 aliphatic carbocycles. The van der Waals surface area contributed by atoms with E-state index in [0.29, 0.717) is 34.1 Å². The lowest BCUT2D eigenvalue weighted by Crippen LogP contribution is -2.10. The molecule has 0 heterocycles. The highest BCUT2D eigenvalue weighted by Crippen LogP contribution is 2.43. The van der Waals surface area contributed by atoms with E-state index >= 15 is 0 Å². The minimum absolute atomic E-state index is 0.00906. The standard InChI is InChI=1S/C55H48N2O3.C50H40N2O4S/c1-5-40-9-21-46(22-10-40)56(50-29-35-52(59-4)36-30-50)48-25-15-42(16-26-48)43-17-27-49(28-18-43)57(47-23-11-41(6-2)12-24-47)51-31-37-54(38-32-51)60-53-33-19-45(20-34-53)55(58)44-13-7-39(3)8-14-44;1-37-13-33-49(34-14-37)57(53,54)50-35-31-48(32-36-50)56-47-29-25-45(26-30-47)52(41-11-7-4-8-12-41)43-21-17-39(18-22-43)38-15-19-42(20-16-38)51(40-9-5-3-6-10-40)44-23-27-46(55-2)28-24-44/h7-38H,5-6H2,1-4H3;3-36H,1-2H3. The summed E-state index contributed by atoms with van der Waals surface area (Å²) in [5, 5.41) is 0. The maximum absolute atomic E-state index is 13.1. The van der Waals surface area contributed by atoms with Crippen LogP contribution < -0.4 is 38.5 Å². The van der Waals surface area contributed by atoms with Crippen molar-refractivity contribution < 1.29 is 32.2 Å². The van der Waals surface area contributed by atoms with Gasteiger partial charge in [-0.25, -0.2) is 8.42 Å². The summed E-state index contributed by atoms with van der Waals surface area (Å²) >= 11 is 0. The zero-order valence-corrected chi connectivity index (χ0v) is 66.9. The van der Waals surface area contributed by atoms with Gasteiger partial charge >= 0.3 is 0 Å². The Labute approximate surface area is 686 Å². The number of carbonyl (C=O) groups excluding carboxylic acids is 1. The molecule has 0 radical (unpaired) electrons. The predicted molar refractivity (Wildman–Crippen MR) is 479 cm³/mol. The number of para-hydroxylation sites is 2. The van der Waals surface area contributed by atoms with Gasteiger partial charge in [0.15, 0.2) is 5.78 Å². The normalized spacial score (nSPS) is 11.0. The number of rotatable bonds is 26. The molecule has 0 unspecified atom stereocenters. The Balaban J connectivity index is 0.000000184. The average molecular weight is 1550 g/mol. The smallest absolute Gasteiger partial charge is 0.206 e. The first-order chi connectivity index (χ1) is 57.2. The van der Waals surface area contributed by atoms with Crippen LogP contribution in [0.2, 0.25) is 0 Å². The number of hydrogen-bond acceptors (Lipinski definition) is 11. The van der Waals surface area contributed by atoms with Gasteiger partial charge in [0, 0.05) is 79.4 Å². The second kappa shape index (κ2) is 36.1. The Morgan fingerprint density at radius 2 is 0.453 bits per heavy atom. The summed E-state index contributed by atoms with van der Waals surface area (Å²) < 4.78 is 49.5. The molecule has 0 saturated carbocycles. The Hall–Kier alpha value is -14.5. The molecule has 0 amide bonds. The molecule has 0 saturated heterocycles. The van der Waals surface area contributed by atoms with Crippen LogP contribution in [0.1, 0.15) is 52.0 Å². The molecule has 16 rings (SSSR count). The summed E-state index contributed by atoms with van der Waals surface area (Å²) in [6.07, 6.45) is 1.97. The summed E-state index contributed by atoms with van der Waals surface area (Å²) in [6, 6.07) is 133. The number of ether oxygens (including phenoxy) is 4. The number of nitrogens with zero attached hydrogens (tertiary/aromatic N) is 4. The van der Waals surface area contributed by atoms with Gasteiger partial charge in [0.05, 0.1) is 24.0 Å². The summed E-state index contributed by atoms with van der Waals surface area (Å²) in [6.45, 7) is 8.29. The summed E-state index contributed by atoms with van der Waals surface area (Å²) in [5.41, 5.74) is 23.0. The second-order valence-electron chi connectivity index (χ2n) is 28.3. The van der Waals surface area contributed by atoms with Gasteiger partial charge in [0.25, 0.3) is 0 Å². The molecule has 0 atom stereocenters. The van der Waals surface area contributed by atoms with Crippen molar-refractivity contribution in [1.29, 1.82) is 0 Å². The lowest BCUT2D eigenvalue weighted by atomic mass is 10.0. The molecule has 117 heavy (non-hydrogen) atoms. The van der Waals surface area contributed by atoms with Crippen molar-refractivity contribution in [3.8, 4) is 56.8 Å². The van der Waals surface area contributed by atoms with E-state index < -0.39 is 9.84 Å². The largest absolute Gasteiger partial charge is 0.497 e. The highest BCUT2D eigenvalue weighted by Gasteiger charge is 2.22. The van der Waals surface area contributed by atoms with Crippen LogP contribution in [0.25, 0.3) is 22.3 Å². The first kappa shape index (κ1) is 77.8. The minimum Gasteiger partial charge on any atom is -0.497 e. The number of sulfone groups is 1. The van der Waals surface area contributed by atoms with Crippen molar-refractivity contribution in [1.82, 2.24) is 0 Å². The van der Waals surface area contributed by atoms with Gasteiger partial charge in [-0.15, -0.1) is 0 Å². The number of benzene rings is 16. The number of aryl methyl sites for hydroxylation is 4. The van der Waals surface area contributed by atoms with E-state index in [1.807, 2.05) is 159 Å². The van der Waals surface area contributed by atoms with Crippen LogP contribution in [0.3, 0.4) is 0 Å². The van der Waals surface area contributed by atoms with Gasteiger partial charge in [0.1, 0.15) is 34.5 Å². The van der Waals surface area contributed by atoms with Gasteiger partial charge in [0.2, 0.25) is 9.84 Å². The topological polar surface area (TPSA) is 101 Å². The van der Waals surface area contributed by atoms with Crippen LogP contribution in [-0.4, -0.2) is 28.4 Å². The third-order valence-electron chi connectivity index (χ3n) is 20.6. The SMILES string of the molecule is CCc1ccc(N(c2ccc(OC)cc2)c2ccc(-c3ccc(N(c4ccc(CC)cc4)c4ccc(Oc5ccc(C(=O)c6ccc(C)cc6)cc5)cc4)cc3)cc2)cc1.COc1ccc(N(c2ccccc2)c2ccc(-c3ccc(N(c4ccccc4)c4ccc(Oc5ccc(S(=O)(=O)c6ccc(C)cc6)cc5)cc4)cc3)cc2)cc1. The maximum atomic E-state index is 13.1. The van der Waals surface area contributed by atoms with Gasteiger partial charge < -0.3 is 38.5 Å². The molecular weight excluding hydrogens is 1460 g/mol. The van der Waals surface area contributed by atoms with Gasteiger partial charge in [-0.1, -0.05) is 171 Å². The molecule has 16 aromatic rings. The Morgan fingerprint density at radius 1 is 0.248 bits per heavy atom. The molecule has 0 aromatic heterocycles. The number of carbonyl (C=O) groups is 1. The fraction of sp³-hybridized carbons (Fsp3) is 0.0762. The quantitative estimate of drug-likeness (QED) is 0.0485. The van der Waals surface area contributed by atoms with Crippen molar-refractivity contribution in [3.63, 3.8) is 0 Å². The highest BCUT2D eigenvalue weighted by molar-refractivity contribution is 7.91. The average Bonchev–Trinajstić information content (AvgIpc) is 0.805. The predicted octanol–water partition coefficient (Wildman–Crippen LogP) is 28.0. The first-order valence-electron chi connectivity index (χ1n) is 39.1. The summed E-state index contributed by atoms with van der Waals surface area (Å²) in [5.74, 6) is 4.19. The van der Waals surface area contributed by atoms with E-state index in [4.69, 9.17) is 18.9 Å². The van der Waals surface area contributed by atoms with Crippen molar-refractivity contribution in [2.45, 2.75) is 50.3 Å². The number of ketones is 1. The van der Waals surface area contributed by atoms with Gasteiger partial charge in [-0.3, -0.25) is 4.79 Å². The van der Waals surface area contributed by atoms with E-state index in [0.717, 1.165) is 126 Å². The molecule has 576 valence electrons. The van der Waals surface area contributed by atoms with Crippen molar-refractivity contribution in [2.75, 3.05) is 33.8 Å². The molecule has 0 aliphatic rings. The molecule has 0 fully saturated rings. The third kappa shape index (κ3) is 18.4.